The first-order valence-electron chi connectivity index (χ1n) is 8.86. The van der Waals surface area contributed by atoms with Gasteiger partial charge in [0.05, 0.1) is 23.0 Å². The van der Waals surface area contributed by atoms with Crippen LogP contribution in [0.25, 0.3) is 22.6 Å². The number of nitrogens with one attached hydrogen (secondary N) is 1. The average Bonchev–Trinajstić information content (AvgIpc) is 3.29. The molecular formula is C19H14F3N7OS. The lowest BCUT2D eigenvalue weighted by atomic mass is 10.2. The zero-order chi connectivity index (χ0) is 21.8. The lowest BCUT2D eigenvalue weighted by Gasteiger charge is -2.07. The number of hydrogen-bond acceptors (Lipinski definition) is 9. The van der Waals surface area contributed by atoms with E-state index in [2.05, 4.69) is 39.9 Å². The molecule has 0 radical (unpaired) electrons. The molecule has 0 atom stereocenters. The van der Waals surface area contributed by atoms with Crippen molar-refractivity contribution in [1.29, 1.82) is 0 Å². The molecule has 0 aromatic carbocycles. The first-order valence-corrected chi connectivity index (χ1v) is 10.1. The van der Waals surface area contributed by atoms with Gasteiger partial charge in [0.1, 0.15) is 0 Å². The Labute approximate surface area is 178 Å². The Morgan fingerprint density at radius 2 is 1.77 bits per heavy atom. The third-order valence-corrected chi connectivity index (χ3v) is 4.74. The summed E-state index contributed by atoms with van der Waals surface area (Å²) >= 11 is 1.56. The molecule has 4 aromatic rings. The highest BCUT2D eigenvalue weighted by molar-refractivity contribution is 7.98. The predicted molar refractivity (Wildman–Crippen MR) is 107 cm³/mol. The molecule has 8 nitrogen and oxygen atoms in total. The van der Waals surface area contributed by atoms with Crippen LogP contribution in [0.4, 0.5) is 19.1 Å². The normalized spacial score (nSPS) is 11.5. The Hall–Kier alpha value is -3.54. The molecule has 4 aromatic heterocycles. The molecule has 0 unspecified atom stereocenters. The molecule has 0 bridgehead atoms. The van der Waals surface area contributed by atoms with Crippen molar-refractivity contribution < 1.29 is 17.7 Å². The summed E-state index contributed by atoms with van der Waals surface area (Å²) in [5.41, 5.74) is 2.52. The summed E-state index contributed by atoms with van der Waals surface area (Å²) in [6.45, 7) is 0.313. The zero-order valence-corrected chi connectivity index (χ0v) is 16.8. The van der Waals surface area contributed by atoms with Crippen LogP contribution in [0.15, 0.2) is 58.5 Å². The van der Waals surface area contributed by atoms with Crippen LogP contribution in [-0.4, -0.2) is 36.3 Å². The van der Waals surface area contributed by atoms with Crippen LogP contribution in [0.5, 0.6) is 0 Å². The van der Waals surface area contributed by atoms with Crippen molar-refractivity contribution in [3.8, 4) is 22.6 Å². The zero-order valence-electron chi connectivity index (χ0n) is 16.0. The molecule has 0 aliphatic rings. The Morgan fingerprint density at radius 3 is 2.42 bits per heavy atom. The van der Waals surface area contributed by atoms with Crippen molar-refractivity contribution in [3.63, 3.8) is 0 Å². The number of halogens is 3. The fourth-order valence-corrected chi connectivity index (χ4v) is 2.91. The van der Waals surface area contributed by atoms with Crippen LogP contribution in [0.2, 0.25) is 0 Å². The van der Waals surface area contributed by atoms with E-state index in [9.17, 15) is 13.2 Å². The fraction of sp³-hybridized carbons (Fsp3) is 0.158. The summed E-state index contributed by atoms with van der Waals surface area (Å²) in [5.74, 6) is -1.18. The highest BCUT2D eigenvalue weighted by atomic mass is 32.2. The largest absolute Gasteiger partial charge is 0.471 e. The van der Waals surface area contributed by atoms with Crippen molar-refractivity contribution in [1.82, 2.24) is 30.1 Å². The van der Waals surface area contributed by atoms with E-state index in [0.717, 1.165) is 16.3 Å². The highest BCUT2D eigenvalue weighted by Gasteiger charge is 2.38. The molecule has 0 aliphatic carbocycles. The minimum atomic E-state index is -4.69. The molecular weight excluding hydrogens is 431 g/mol. The molecule has 158 valence electrons. The molecule has 4 rings (SSSR count). The van der Waals surface area contributed by atoms with Gasteiger partial charge < -0.3 is 9.84 Å². The van der Waals surface area contributed by atoms with E-state index < -0.39 is 12.1 Å². The maximum absolute atomic E-state index is 12.6. The molecule has 0 saturated carbocycles. The Balaban J connectivity index is 1.42. The van der Waals surface area contributed by atoms with Gasteiger partial charge in [-0.15, -0.1) is 11.8 Å². The number of rotatable bonds is 6. The van der Waals surface area contributed by atoms with Crippen LogP contribution in [0.3, 0.4) is 0 Å². The van der Waals surface area contributed by atoms with Gasteiger partial charge in [-0.2, -0.15) is 18.2 Å². The number of anilines is 1. The van der Waals surface area contributed by atoms with Crippen molar-refractivity contribution in [2.45, 2.75) is 17.7 Å². The quantitative estimate of drug-likeness (QED) is 0.434. The average molecular weight is 445 g/mol. The molecule has 12 heteroatoms. The third-order valence-electron chi connectivity index (χ3n) is 4.08. The first-order chi connectivity index (χ1) is 14.9. The number of alkyl halides is 3. The van der Waals surface area contributed by atoms with Crippen molar-refractivity contribution in [2.24, 2.45) is 0 Å². The van der Waals surface area contributed by atoms with Crippen molar-refractivity contribution in [3.05, 3.63) is 60.5 Å². The molecule has 31 heavy (non-hydrogen) atoms. The van der Waals surface area contributed by atoms with Crippen LogP contribution < -0.4 is 5.32 Å². The number of pyridine rings is 2. The number of hydrogen-bond donors (Lipinski definition) is 1. The molecule has 1 N–H and O–H groups in total. The number of aromatic nitrogens is 6. The van der Waals surface area contributed by atoms with Gasteiger partial charge in [0.2, 0.25) is 11.8 Å². The number of nitrogens with zero attached hydrogens (tertiary/aromatic N) is 6. The maximum Gasteiger partial charge on any atom is 0.471 e. The first kappa shape index (κ1) is 20.7. The van der Waals surface area contributed by atoms with E-state index in [1.807, 2.05) is 18.4 Å². The summed E-state index contributed by atoms with van der Waals surface area (Å²) in [4.78, 5) is 20.5. The van der Waals surface area contributed by atoms with E-state index in [0.29, 0.717) is 23.8 Å². The second kappa shape index (κ2) is 8.68. The third kappa shape index (κ3) is 4.97. The molecule has 0 saturated heterocycles. The van der Waals surface area contributed by atoms with E-state index in [4.69, 9.17) is 0 Å². The molecule has 0 aliphatic heterocycles. The molecule has 0 amide bonds. The smallest absolute Gasteiger partial charge is 0.349 e. The van der Waals surface area contributed by atoms with Crippen LogP contribution >= 0.6 is 11.8 Å². The summed E-state index contributed by atoms with van der Waals surface area (Å²) in [6, 6.07) is 8.84. The van der Waals surface area contributed by atoms with Crippen molar-refractivity contribution >= 4 is 17.7 Å². The minimum Gasteiger partial charge on any atom is -0.349 e. The second-order valence-corrected chi connectivity index (χ2v) is 6.99. The monoisotopic (exact) mass is 445 g/mol. The number of thioether (sulfide) groups is 1. The van der Waals surface area contributed by atoms with Gasteiger partial charge in [0.25, 0.3) is 0 Å². The Bertz CT molecular complexity index is 1160. The van der Waals surface area contributed by atoms with E-state index in [1.54, 1.807) is 42.4 Å². The molecule has 0 spiro atoms. The van der Waals surface area contributed by atoms with Crippen LogP contribution in [-0.2, 0) is 12.7 Å². The Morgan fingerprint density at radius 1 is 0.968 bits per heavy atom. The van der Waals surface area contributed by atoms with Gasteiger partial charge in [0, 0.05) is 29.7 Å². The summed E-state index contributed by atoms with van der Waals surface area (Å²) in [6.07, 6.45) is 2.03. The summed E-state index contributed by atoms with van der Waals surface area (Å²) in [7, 11) is 0. The standard InChI is InChI=1S/C19H14F3N7OS/c1-31-15-5-3-11(8-25-15)14-6-7-23-18(27-14)26-10-13-4-2-12(9-24-13)16-28-17(30-29-16)19(20,21)22/h2-9H,10H2,1H3,(H,23,26,27). The fourth-order valence-electron chi connectivity index (χ4n) is 2.54. The van der Waals surface area contributed by atoms with Crippen molar-refractivity contribution in [2.75, 3.05) is 11.6 Å². The van der Waals surface area contributed by atoms with Crippen LogP contribution in [0.1, 0.15) is 11.6 Å². The van der Waals surface area contributed by atoms with Crippen LogP contribution in [0, 0.1) is 0 Å². The Kier molecular flexibility index (Phi) is 5.80. The van der Waals surface area contributed by atoms with Gasteiger partial charge in [-0.3, -0.25) is 4.98 Å². The predicted octanol–water partition coefficient (Wildman–Crippen LogP) is 4.34. The van der Waals surface area contributed by atoms with Gasteiger partial charge in [-0.25, -0.2) is 15.0 Å². The maximum atomic E-state index is 12.6. The highest BCUT2D eigenvalue weighted by Crippen LogP contribution is 2.29. The van der Waals surface area contributed by atoms with E-state index in [1.165, 1.54) is 6.20 Å². The van der Waals surface area contributed by atoms with Gasteiger partial charge in [0.15, 0.2) is 0 Å². The molecule has 0 fully saturated rings. The lowest BCUT2D eigenvalue weighted by molar-refractivity contribution is -0.159. The lowest BCUT2D eigenvalue weighted by Crippen LogP contribution is -2.05. The van der Waals surface area contributed by atoms with Gasteiger partial charge in [-0.1, -0.05) is 5.16 Å². The van der Waals surface area contributed by atoms with Gasteiger partial charge in [-0.05, 0) is 36.6 Å². The summed E-state index contributed by atoms with van der Waals surface area (Å²) < 4.78 is 42.0. The second-order valence-electron chi connectivity index (χ2n) is 6.17. The SMILES string of the molecule is CSc1ccc(-c2ccnc(NCc3ccc(-c4noc(C(F)(F)F)n4)cn3)n2)cn1. The minimum absolute atomic E-state index is 0.184. The topological polar surface area (TPSA) is 103 Å². The van der Waals surface area contributed by atoms with E-state index >= 15 is 0 Å². The summed E-state index contributed by atoms with van der Waals surface area (Å²) in [5, 5.41) is 7.32. The molecule has 4 heterocycles. The van der Waals surface area contributed by atoms with E-state index in [-0.39, 0.29) is 5.82 Å². The van der Waals surface area contributed by atoms with Gasteiger partial charge >= 0.3 is 12.1 Å².